The predicted octanol–water partition coefficient (Wildman–Crippen LogP) is 3.74. The number of sulfone groups is 1. The van der Waals surface area contributed by atoms with Crippen molar-refractivity contribution in [3.63, 3.8) is 0 Å². The molecule has 0 radical (unpaired) electrons. The molecular formula is C22H22FNO4S2. The van der Waals surface area contributed by atoms with Crippen molar-refractivity contribution >= 4 is 19.9 Å². The quantitative estimate of drug-likeness (QED) is 0.570. The van der Waals surface area contributed by atoms with Crippen molar-refractivity contribution in [1.82, 2.24) is 4.72 Å². The normalized spacial score (nSPS) is 12.1. The van der Waals surface area contributed by atoms with Gasteiger partial charge in [-0.1, -0.05) is 43.3 Å². The van der Waals surface area contributed by atoms with Crippen LogP contribution in [0.1, 0.15) is 18.1 Å². The third-order valence-electron chi connectivity index (χ3n) is 4.67. The summed E-state index contributed by atoms with van der Waals surface area (Å²) in [4.78, 5) is -0.0608. The number of rotatable bonds is 8. The molecule has 0 aliphatic heterocycles. The first-order valence-electron chi connectivity index (χ1n) is 9.41. The van der Waals surface area contributed by atoms with Crippen molar-refractivity contribution in [3.8, 4) is 0 Å². The summed E-state index contributed by atoms with van der Waals surface area (Å²) in [5, 5.41) is 0. The molecule has 0 heterocycles. The molecule has 0 saturated heterocycles. The number of benzene rings is 3. The minimum absolute atomic E-state index is 0.0601. The van der Waals surface area contributed by atoms with Gasteiger partial charge in [-0.25, -0.2) is 25.9 Å². The minimum Gasteiger partial charge on any atom is -0.219 e. The zero-order valence-corrected chi connectivity index (χ0v) is 18.0. The van der Waals surface area contributed by atoms with Gasteiger partial charge in [-0.3, -0.25) is 0 Å². The van der Waals surface area contributed by atoms with Gasteiger partial charge in [-0.15, -0.1) is 0 Å². The molecule has 0 aliphatic carbocycles. The Kier molecular flexibility index (Phi) is 6.70. The van der Waals surface area contributed by atoms with E-state index in [1.165, 1.54) is 42.5 Å². The summed E-state index contributed by atoms with van der Waals surface area (Å²) in [5.41, 5.74) is 1.18. The Balaban J connectivity index is 1.89. The number of halogens is 1. The Morgan fingerprint density at radius 1 is 0.833 bits per heavy atom. The first-order chi connectivity index (χ1) is 14.2. The van der Waals surface area contributed by atoms with Crippen molar-refractivity contribution in [2.75, 3.05) is 6.54 Å². The third-order valence-corrected chi connectivity index (χ3v) is 7.98. The van der Waals surface area contributed by atoms with E-state index in [4.69, 9.17) is 0 Å². The second-order valence-corrected chi connectivity index (χ2v) is 10.4. The van der Waals surface area contributed by atoms with Gasteiger partial charge in [0.25, 0.3) is 0 Å². The van der Waals surface area contributed by atoms with Crippen LogP contribution in [-0.2, 0) is 32.7 Å². The second-order valence-electron chi connectivity index (χ2n) is 6.72. The van der Waals surface area contributed by atoms with Crippen LogP contribution in [0.5, 0.6) is 0 Å². The highest BCUT2D eigenvalue weighted by atomic mass is 32.2. The molecule has 1 N–H and O–H groups in total. The van der Waals surface area contributed by atoms with E-state index >= 15 is 0 Å². The molecule has 0 amide bonds. The largest absolute Gasteiger partial charge is 0.240 e. The Morgan fingerprint density at radius 3 is 2.23 bits per heavy atom. The van der Waals surface area contributed by atoms with E-state index in [2.05, 4.69) is 4.72 Å². The van der Waals surface area contributed by atoms with Crippen molar-refractivity contribution in [2.45, 2.75) is 34.5 Å². The van der Waals surface area contributed by atoms with E-state index in [1.54, 1.807) is 37.3 Å². The van der Waals surface area contributed by atoms with Crippen molar-refractivity contribution < 1.29 is 21.2 Å². The van der Waals surface area contributed by atoms with Gasteiger partial charge in [-0.2, -0.15) is 0 Å². The van der Waals surface area contributed by atoms with Crippen LogP contribution in [0.3, 0.4) is 0 Å². The fraction of sp³-hybridized carbons (Fsp3) is 0.182. The number of nitrogens with one attached hydrogen (secondary N) is 1. The van der Waals surface area contributed by atoms with Crippen LogP contribution in [0.4, 0.5) is 4.39 Å². The summed E-state index contributed by atoms with van der Waals surface area (Å²) in [6, 6.07) is 17.9. The predicted molar refractivity (Wildman–Crippen MR) is 113 cm³/mol. The van der Waals surface area contributed by atoms with Crippen molar-refractivity contribution in [1.29, 1.82) is 0 Å². The number of aryl methyl sites for hydroxylation is 1. The topological polar surface area (TPSA) is 80.3 Å². The summed E-state index contributed by atoms with van der Waals surface area (Å²) >= 11 is 0. The van der Waals surface area contributed by atoms with Crippen LogP contribution in [0.2, 0.25) is 0 Å². The van der Waals surface area contributed by atoms with E-state index in [-0.39, 0.29) is 27.0 Å². The Morgan fingerprint density at radius 2 is 1.57 bits per heavy atom. The summed E-state index contributed by atoms with van der Waals surface area (Å²) in [6.07, 6.45) is 0.728. The van der Waals surface area contributed by atoms with Gasteiger partial charge >= 0.3 is 0 Å². The number of hydrogen-bond acceptors (Lipinski definition) is 4. The molecule has 0 saturated carbocycles. The fourth-order valence-corrected chi connectivity index (χ4v) is 5.83. The molecule has 0 aliphatic rings. The average molecular weight is 448 g/mol. The first-order valence-corrected chi connectivity index (χ1v) is 12.4. The first kappa shape index (κ1) is 22.1. The Hall–Kier alpha value is -2.55. The lowest BCUT2D eigenvalue weighted by Gasteiger charge is -2.13. The third kappa shape index (κ3) is 4.95. The van der Waals surface area contributed by atoms with E-state index in [0.29, 0.717) is 24.0 Å². The molecule has 3 aromatic rings. The molecular weight excluding hydrogens is 425 g/mol. The number of sulfonamides is 1. The lowest BCUT2D eigenvalue weighted by molar-refractivity contribution is 0.580. The van der Waals surface area contributed by atoms with Gasteiger partial charge in [0.05, 0.1) is 14.7 Å². The minimum atomic E-state index is -3.96. The molecule has 0 spiro atoms. The maximum Gasteiger partial charge on any atom is 0.240 e. The van der Waals surface area contributed by atoms with Gasteiger partial charge in [0.1, 0.15) is 5.82 Å². The molecule has 0 aromatic heterocycles. The Bertz CT molecular complexity index is 1240. The molecule has 8 heteroatoms. The standard InChI is InChI=1S/C22H22FNO4S2/c1-2-18-11-12-21(29(25,26)20-9-4-3-5-10-20)16-22(18)30(27,28)24-14-13-17-7-6-8-19(23)15-17/h3-12,15-16,24H,2,13-14H2,1H3. The molecule has 158 valence electrons. The maximum atomic E-state index is 13.3. The molecule has 3 rings (SSSR count). The molecule has 0 unspecified atom stereocenters. The summed E-state index contributed by atoms with van der Waals surface area (Å²) < 4.78 is 67.4. The molecule has 0 bridgehead atoms. The van der Waals surface area contributed by atoms with Crippen LogP contribution in [0.15, 0.2) is 87.5 Å². The van der Waals surface area contributed by atoms with Crippen LogP contribution in [-0.4, -0.2) is 23.4 Å². The van der Waals surface area contributed by atoms with E-state index in [0.717, 1.165) is 0 Å². The van der Waals surface area contributed by atoms with Crippen LogP contribution >= 0.6 is 0 Å². The zero-order valence-electron chi connectivity index (χ0n) is 16.4. The van der Waals surface area contributed by atoms with Gasteiger partial charge < -0.3 is 0 Å². The highest BCUT2D eigenvalue weighted by Gasteiger charge is 2.23. The Labute approximate surface area is 176 Å². The zero-order chi connectivity index (χ0) is 21.8. The van der Waals surface area contributed by atoms with Crippen molar-refractivity contribution in [3.05, 3.63) is 89.7 Å². The van der Waals surface area contributed by atoms with Gasteiger partial charge in [0, 0.05) is 6.54 Å². The summed E-state index contributed by atoms with van der Waals surface area (Å²) in [7, 11) is -7.81. The van der Waals surface area contributed by atoms with Gasteiger partial charge in [-0.05, 0) is 60.4 Å². The van der Waals surface area contributed by atoms with Crippen LogP contribution in [0.25, 0.3) is 0 Å². The van der Waals surface area contributed by atoms with Gasteiger partial charge in [0.15, 0.2) is 0 Å². The smallest absolute Gasteiger partial charge is 0.219 e. The average Bonchev–Trinajstić information content (AvgIpc) is 2.74. The van der Waals surface area contributed by atoms with Crippen molar-refractivity contribution in [2.24, 2.45) is 0 Å². The molecule has 0 fully saturated rings. The molecule has 0 atom stereocenters. The molecule has 5 nitrogen and oxygen atoms in total. The van der Waals surface area contributed by atoms with Crippen LogP contribution in [0, 0.1) is 5.82 Å². The maximum absolute atomic E-state index is 13.3. The monoisotopic (exact) mass is 447 g/mol. The van der Waals surface area contributed by atoms with E-state index < -0.39 is 19.9 Å². The molecule has 30 heavy (non-hydrogen) atoms. The fourth-order valence-electron chi connectivity index (χ4n) is 3.08. The lowest BCUT2D eigenvalue weighted by atomic mass is 10.1. The second kappa shape index (κ2) is 9.07. The highest BCUT2D eigenvalue weighted by molar-refractivity contribution is 7.91. The van der Waals surface area contributed by atoms with E-state index in [9.17, 15) is 21.2 Å². The SMILES string of the molecule is CCc1ccc(S(=O)(=O)c2ccccc2)cc1S(=O)(=O)NCCc1cccc(F)c1. The highest BCUT2D eigenvalue weighted by Crippen LogP contribution is 2.26. The number of hydrogen-bond donors (Lipinski definition) is 1. The summed E-state index contributed by atoms with van der Waals surface area (Å²) in [6.45, 7) is 1.86. The van der Waals surface area contributed by atoms with E-state index in [1.807, 2.05) is 0 Å². The van der Waals surface area contributed by atoms with Gasteiger partial charge in [0.2, 0.25) is 19.9 Å². The molecule has 3 aromatic carbocycles. The lowest BCUT2D eigenvalue weighted by Crippen LogP contribution is -2.27. The van der Waals surface area contributed by atoms with Crippen LogP contribution < -0.4 is 4.72 Å². The summed E-state index contributed by atoms with van der Waals surface area (Å²) in [5.74, 6) is -0.387.